The predicted octanol–water partition coefficient (Wildman–Crippen LogP) is 7.61. The number of hydrogen-bond donors (Lipinski definition) is 0. The smallest absolute Gasteiger partial charge is 0.255 e. The molecule has 0 aliphatic carbocycles. The van der Waals surface area contributed by atoms with E-state index in [1.165, 1.54) is 20.4 Å². The standard InChI is InChI=1S/2C11H14N2O.2C10H14N2O2S.2C10H14N2OS/c1-11(2)7-13(3)10(14)8-6-12-5-4-9(8)11;1-11(2)9-4-5-12-6-8(9)7-13(3)10(11)14;1-10(2)9-4-5-11-6-8(9)7-12(3)15(10,13)14;1-10(2)7-12(3)15(13,14)9-6-11-5-4-8(9)10;1-10(2)9-4-5-11-6-8(9)7-12(3)14(10)13;1-10(2)7-12(3)14(13)9-6-11-5-4-8(9)10/h2*4-6H,7H2,1-3H3;2*4-6H,7H2,1-3H3;2*4-6H,7H2,1-3H3. The first kappa shape index (κ1) is 67.4. The van der Waals surface area contributed by atoms with Crippen LogP contribution in [0.5, 0.6) is 0 Å². The third-order valence-electron chi connectivity index (χ3n) is 16.7. The monoisotopic (exact) mass is 1250 g/mol. The van der Waals surface area contributed by atoms with Gasteiger partial charge in [-0.2, -0.15) is 8.61 Å². The fraction of sp³-hybridized carbons (Fsp3) is 0.484. The zero-order valence-electron chi connectivity index (χ0n) is 52.9. The van der Waals surface area contributed by atoms with E-state index in [1.807, 2.05) is 115 Å². The van der Waals surface area contributed by atoms with E-state index in [0.29, 0.717) is 24.5 Å². The van der Waals surface area contributed by atoms with Crippen LogP contribution in [0.3, 0.4) is 0 Å². The molecule has 20 nitrogen and oxygen atoms in total. The molecule has 2 atom stereocenters. The number of likely N-dealkylation sites (N-methyl/N-ethyl adjacent to an activating group) is 4. The fourth-order valence-corrected chi connectivity index (χ4v) is 18.2. The van der Waals surface area contributed by atoms with Gasteiger partial charge in [-0.05, 0) is 128 Å². The van der Waals surface area contributed by atoms with Crippen molar-refractivity contribution in [1.82, 2.24) is 56.9 Å². The molecule has 0 aromatic carbocycles. The normalized spacial score (nSPS) is 22.9. The Morgan fingerprint density at radius 2 is 0.907 bits per heavy atom. The summed E-state index contributed by atoms with van der Waals surface area (Å²) in [6.45, 7) is 28.0. The van der Waals surface area contributed by atoms with Crippen LogP contribution in [0.1, 0.15) is 144 Å². The maximum atomic E-state index is 12.1. The maximum absolute atomic E-state index is 12.1. The first-order valence-corrected chi connectivity index (χ1v) is 33.3. The Hall–Kier alpha value is -6.12. The molecule has 6 aromatic rings. The quantitative estimate of drug-likeness (QED) is 0.142. The number of aromatic nitrogens is 6. The minimum atomic E-state index is -3.32. The molecular formula is C62H84N12O8S4. The van der Waals surface area contributed by atoms with Crippen LogP contribution in [0, 0.1) is 0 Å². The average molecular weight is 1250 g/mol. The van der Waals surface area contributed by atoms with Crippen LogP contribution in [0.15, 0.2) is 121 Å². The van der Waals surface area contributed by atoms with Crippen LogP contribution in [0.2, 0.25) is 0 Å². The van der Waals surface area contributed by atoms with Gasteiger partial charge in [-0.1, -0.05) is 41.5 Å². The fourth-order valence-electron chi connectivity index (χ4n) is 12.1. The predicted molar refractivity (Wildman–Crippen MR) is 336 cm³/mol. The molecule has 0 spiro atoms. The second-order valence-corrected chi connectivity index (χ2v) is 34.3. The van der Waals surface area contributed by atoms with Gasteiger partial charge in [0.15, 0.2) is 0 Å². The van der Waals surface area contributed by atoms with Gasteiger partial charge >= 0.3 is 0 Å². The Morgan fingerprint density at radius 3 is 1.50 bits per heavy atom. The Bertz CT molecular complexity index is 3650. The van der Waals surface area contributed by atoms with Gasteiger partial charge in [0, 0.05) is 172 Å². The highest BCUT2D eigenvalue weighted by Crippen LogP contribution is 2.41. The van der Waals surface area contributed by atoms with Gasteiger partial charge in [-0.15, -0.1) is 0 Å². The van der Waals surface area contributed by atoms with Crippen LogP contribution in [-0.2, 0) is 97.6 Å². The molecule has 0 fully saturated rings. The Kier molecular flexibility index (Phi) is 19.7. The molecule has 0 N–H and O–H groups in total. The Labute approximate surface area is 514 Å². The van der Waals surface area contributed by atoms with Crippen molar-refractivity contribution in [2.45, 2.75) is 144 Å². The molecule has 464 valence electrons. The highest BCUT2D eigenvalue weighted by Gasteiger charge is 2.45. The minimum Gasteiger partial charge on any atom is -0.341 e. The van der Waals surface area contributed by atoms with Crippen molar-refractivity contribution in [2.75, 3.05) is 61.9 Å². The number of carbonyl (C=O) groups is 2. The van der Waals surface area contributed by atoms with Gasteiger partial charge in [0.25, 0.3) is 5.91 Å². The second-order valence-electron chi connectivity index (χ2n) is 26.0. The first-order valence-electron chi connectivity index (χ1n) is 28.2. The molecule has 6 aliphatic heterocycles. The molecule has 12 rings (SSSR count). The lowest BCUT2D eigenvalue weighted by Gasteiger charge is -2.37. The summed E-state index contributed by atoms with van der Waals surface area (Å²) in [6.07, 6.45) is 20.6. The number of fused-ring (bicyclic) bond motifs is 6. The summed E-state index contributed by atoms with van der Waals surface area (Å²) in [7, 11) is 2.09. The Balaban J connectivity index is 0.000000148. The molecule has 6 aromatic heterocycles. The summed E-state index contributed by atoms with van der Waals surface area (Å²) in [5.41, 5.74) is 9.82. The molecule has 24 heteroatoms. The Morgan fingerprint density at radius 1 is 0.453 bits per heavy atom. The minimum absolute atomic E-state index is 0.0287. The molecule has 0 bridgehead atoms. The van der Waals surface area contributed by atoms with E-state index in [2.05, 4.69) is 57.6 Å². The number of hydrogen-bond acceptors (Lipinski definition) is 14. The molecule has 6 aliphatic rings. The number of pyridine rings is 6. The zero-order valence-corrected chi connectivity index (χ0v) is 56.2. The number of nitrogens with zero attached hydrogens (tertiary/aromatic N) is 12. The highest BCUT2D eigenvalue weighted by molar-refractivity contribution is 7.90. The lowest BCUT2D eigenvalue weighted by Crippen LogP contribution is -2.45. The van der Waals surface area contributed by atoms with Crippen molar-refractivity contribution >= 4 is 53.8 Å². The zero-order chi connectivity index (χ0) is 63.9. The van der Waals surface area contributed by atoms with Crippen molar-refractivity contribution in [3.8, 4) is 0 Å². The van der Waals surface area contributed by atoms with Gasteiger partial charge < -0.3 is 9.80 Å². The van der Waals surface area contributed by atoms with Gasteiger partial charge in [0.1, 0.15) is 31.6 Å². The second kappa shape index (κ2) is 25.2. The van der Waals surface area contributed by atoms with Crippen LogP contribution in [-0.4, -0.2) is 156 Å². The van der Waals surface area contributed by atoms with Crippen molar-refractivity contribution in [1.29, 1.82) is 0 Å². The van der Waals surface area contributed by atoms with E-state index in [1.54, 1.807) is 106 Å². The summed E-state index contributed by atoms with van der Waals surface area (Å²) in [6, 6.07) is 11.4. The van der Waals surface area contributed by atoms with E-state index in [0.717, 1.165) is 74.6 Å². The summed E-state index contributed by atoms with van der Waals surface area (Å²) >= 11 is 0. The largest absolute Gasteiger partial charge is 0.341 e. The van der Waals surface area contributed by atoms with E-state index < -0.39 is 52.2 Å². The number of sulfonamides is 2. The third-order valence-corrected chi connectivity index (χ3v) is 24.2. The van der Waals surface area contributed by atoms with Gasteiger partial charge in [0.2, 0.25) is 26.0 Å². The highest BCUT2D eigenvalue weighted by atomic mass is 32.2. The molecule has 2 amide bonds. The average Bonchev–Trinajstić information content (AvgIpc) is 0.865. The van der Waals surface area contributed by atoms with Crippen molar-refractivity contribution in [3.05, 3.63) is 166 Å². The lowest BCUT2D eigenvalue weighted by atomic mass is 9.78. The van der Waals surface area contributed by atoms with Crippen molar-refractivity contribution < 1.29 is 34.8 Å². The summed E-state index contributed by atoms with van der Waals surface area (Å²) in [5.74, 6) is 0.253. The first-order chi connectivity index (χ1) is 39.8. The molecule has 0 saturated heterocycles. The van der Waals surface area contributed by atoms with Crippen molar-refractivity contribution in [3.63, 3.8) is 0 Å². The van der Waals surface area contributed by atoms with Crippen LogP contribution in [0.4, 0.5) is 0 Å². The van der Waals surface area contributed by atoms with Gasteiger partial charge in [-0.25, -0.2) is 33.9 Å². The van der Waals surface area contributed by atoms with E-state index >= 15 is 0 Å². The van der Waals surface area contributed by atoms with E-state index in [-0.39, 0.29) is 32.8 Å². The molecule has 2 unspecified atom stereocenters. The molecule has 86 heavy (non-hydrogen) atoms. The molecule has 0 saturated carbocycles. The van der Waals surface area contributed by atoms with Gasteiger partial charge in [0.05, 0.1) is 20.6 Å². The molecule has 0 radical (unpaired) electrons. The maximum Gasteiger partial charge on any atom is 0.255 e. The van der Waals surface area contributed by atoms with Crippen LogP contribution in [0.25, 0.3) is 0 Å². The van der Waals surface area contributed by atoms with E-state index in [9.17, 15) is 34.8 Å². The van der Waals surface area contributed by atoms with Crippen LogP contribution >= 0.6 is 0 Å². The van der Waals surface area contributed by atoms with Crippen molar-refractivity contribution in [2.24, 2.45) is 0 Å². The molecule has 12 heterocycles. The number of rotatable bonds is 0. The van der Waals surface area contributed by atoms with Crippen LogP contribution < -0.4 is 0 Å². The summed E-state index contributed by atoms with van der Waals surface area (Å²) in [5, 5.41) is 0. The summed E-state index contributed by atoms with van der Waals surface area (Å²) < 4.78 is 77.4. The molecular weight excluding hydrogens is 1170 g/mol. The lowest BCUT2D eigenvalue weighted by molar-refractivity contribution is -0.136. The van der Waals surface area contributed by atoms with Gasteiger partial charge in [-0.3, -0.25) is 39.5 Å². The topological polar surface area (TPSA) is 233 Å². The number of amides is 2. The SMILES string of the molecule is CN1CC(C)(C)c2ccncc2C1=O.CN1CC(C)(C)c2ccncc2S1(=O)=O.CN1CC(C)(C)c2ccncc2S1=O.CN1Cc2cnccc2C(C)(C)C1=O.CN1Cc2cnccc2C(C)(C)S1(=O)=O.CN1Cc2cnccc2C(C)(C)S1=O. The van der Waals surface area contributed by atoms with E-state index in [4.69, 9.17) is 0 Å². The third kappa shape index (κ3) is 13.3. The number of carbonyl (C=O) groups excluding carboxylic acids is 2. The summed E-state index contributed by atoms with van der Waals surface area (Å²) in [4.78, 5) is 52.5.